The molecule has 0 bridgehead atoms. The second-order valence-corrected chi connectivity index (χ2v) is 10.3. The molecule has 0 aromatic heterocycles. The SMILES string of the molecule is CNC(CNC(=O)c1cc2c(c([C@H](OCCNC(=O)OC)c3cccc(Cl)c3)c1)CCO2)C[C@H]1CCCOC1. The number of carbonyl (C=O) groups excluding carboxylic acids is 2. The number of rotatable bonds is 12. The van der Waals surface area contributed by atoms with Gasteiger partial charge in [-0.1, -0.05) is 23.7 Å². The third-order valence-corrected chi connectivity index (χ3v) is 7.42. The highest BCUT2D eigenvalue weighted by Crippen LogP contribution is 2.38. The number of benzene rings is 2. The molecule has 0 saturated carbocycles. The minimum atomic E-state index is -0.526. The maximum absolute atomic E-state index is 13.3. The molecular weight excluding hydrogens is 522 g/mol. The van der Waals surface area contributed by atoms with Crippen molar-refractivity contribution in [1.29, 1.82) is 0 Å². The van der Waals surface area contributed by atoms with Gasteiger partial charge in [-0.3, -0.25) is 4.79 Å². The van der Waals surface area contributed by atoms with Crippen LogP contribution in [0, 0.1) is 5.92 Å². The molecule has 2 aliphatic rings. The fourth-order valence-electron chi connectivity index (χ4n) is 5.15. The number of amides is 2. The van der Waals surface area contributed by atoms with Crippen LogP contribution in [0.15, 0.2) is 36.4 Å². The third-order valence-electron chi connectivity index (χ3n) is 7.18. The van der Waals surface area contributed by atoms with Crippen LogP contribution in [0.5, 0.6) is 5.75 Å². The number of methoxy groups -OCH3 is 1. The zero-order valence-corrected chi connectivity index (χ0v) is 23.4. The monoisotopic (exact) mass is 559 g/mol. The second kappa shape index (κ2) is 14.5. The van der Waals surface area contributed by atoms with Crippen LogP contribution in [0.3, 0.4) is 0 Å². The van der Waals surface area contributed by atoms with Crippen LogP contribution < -0.4 is 20.7 Å². The summed E-state index contributed by atoms with van der Waals surface area (Å²) in [6.07, 6.45) is 2.85. The van der Waals surface area contributed by atoms with Crippen molar-refractivity contribution in [2.75, 3.05) is 53.7 Å². The Bertz CT molecular complexity index is 1120. The van der Waals surface area contributed by atoms with Gasteiger partial charge in [-0.2, -0.15) is 0 Å². The molecule has 10 heteroatoms. The van der Waals surface area contributed by atoms with E-state index in [-0.39, 0.29) is 25.1 Å². The van der Waals surface area contributed by atoms with Gasteiger partial charge in [0.1, 0.15) is 11.9 Å². The molecule has 1 saturated heterocycles. The lowest BCUT2D eigenvalue weighted by atomic mass is 9.92. The Hall–Kier alpha value is -2.85. The topological polar surface area (TPSA) is 107 Å². The van der Waals surface area contributed by atoms with E-state index in [0.717, 1.165) is 49.2 Å². The predicted molar refractivity (Wildman–Crippen MR) is 149 cm³/mol. The molecule has 0 spiro atoms. The number of nitrogens with one attached hydrogen (secondary N) is 3. The standard InChI is InChI=1S/C29H38ClN3O6/c1-31-23(13-19-5-4-10-37-18-19)17-33-28(34)21-15-25(24-8-11-38-26(24)16-21)27(20-6-3-7-22(30)14-20)39-12-9-32-29(35)36-2/h3,6-7,14-16,19,23,27,31H,4-5,8-13,17-18H2,1-2H3,(H,32,35)(H,33,34)/t19-,23?,27-/m1/s1. The summed E-state index contributed by atoms with van der Waals surface area (Å²) in [5.41, 5.74) is 3.20. The van der Waals surface area contributed by atoms with E-state index in [9.17, 15) is 9.59 Å². The Kier molecular flexibility index (Phi) is 10.8. The molecular formula is C29H38ClN3O6. The van der Waals surface area contributed by atoms with Gasteiger partial charge in [0.2, 0.25) is 0 Å². The first-order valence-electron chi connectivity index (χ1n) is 13.5. The maximum Gasteiger partial charge on any atom is 0.406 e. The molecule has 2 aliphatic heterocycles. The molecule has 0 radical (unpaired) electrons. The van der Waals surface area contributed by atoms with Crippen molar-refractivity contribution in [1.82, 2.24) is 16.0 Å². The van der Waals surface area contributed by atoms with Crippen LogP contribution >= 0.6 is 11.6 Å². The minimum Gasteiger partial charge on any atom is -0.493 e. The lowest BCUT2D eigenvalue weighted by Gasteiger charge is -2.26. The number of hydrogen-bond donors (Lipinski definition) is 3. The number of likely N-dealkylation sites (N-methyl/N-ethyl adjacent to an activating group) is 1. The number of ether oxygens (including phenoxy) is 4. The van der Waals surface area contributed by atoms with Gasteiger partial charge in [-0.05, 0) is 67.6 Å². The molecule has 3 N–H and O–H groups in total. The molecule has 1 unspecified atom stereocenters. The fourth-order valence-corrected chi connectivity index (χ4v) is 5.34. The number of fused-ring (bicyclic) bond motifs is 1. The van der Waals surface area contributed by atoms with Gasteiger partial charge in [0.05, 0.1) is 20.3 Å². The lowest BCUT2D eigenvalue weighted by Crippen LogP contribution is -2.41. The van der Waals surface area contributed by atoms with E-state index < -0.39 is 12.2 Å². The van der Waals surface area contributed by atoms with Crippen molar-refractivity contribution in [2.24, 2.45) is 5.92 Å². The van der Waals surface area contributed by atoms with Crippen molar-refractivity contribution in [3.8, 4) is 5.75 Å². The molecule has 4 rings (SSSR count). The van der Waals surface area contributed by atoms with E-state index in [2.05, 4.69) is 20.7 Å². The van der Waals surface area contributed by atoms with E-state index in [4.69, 9.17) is 25.8 Å². The maximum atomic E-state index is 13.3. The van der Waals surface area contributed by atoms with Crippen molar-refractivity contribution in [3.63, 3.8) is 0 Å². The Balaban J connectivity index is 1.52. The zero-order chi connectivity index (χ0) is 27.6. The normalized spacial score (nSPS) is 18.0. The van der Waals surface area contributed by atoms with Crippen LogP contribution in [-0.2, 0) is 20.6 Å². The summed E-state index contributed by atoms with van der Waals surface area (Å²) in [5.74, 6) is 1.01. The van der Waals surface area contributed by atoms with E-state index in [1.807, 2.05) is 31.3 Å². The van der Waals surface area contributed by atoms with E-state index in [1.54, 1.807) is 12.1 Å². The fraction of sp³-hybridized carbons (Fsp3) is 0.517. The van der Waals surface area contributed by atoms with Crippen LogP contribution in [0.4, 0.5) is 4.79 Å². The van der Waals surface area contributed by atoms with Gasteiger partial charge in [-0.25, -0.2) is 4.79 Å². The summed E-state index contributed by atoms with van der Waals surface area (Å²) in [5, 5.41) is 9.64. The van der Waals surface area contributed by atoms with Crippen LogP contribution in [-0.4, -0.2) is 71.7 Å². The Morgan fingerprint density at radius 1 is 1.18 bits per heavy atom. The molecule has 2 amide bonds. The van der Waals surface area contributed by atoms with Gasteiger partial charge >= 0.3 is 6.09 Å². The third kappa shape index (κ3) is 8.08. The van der Waals surface area contributed by atoms with Crippen molar-refractivity contribution < 1.29 is 28.5 Å². The highest BCUT2D eigenvalue weighted by atomic mass is 35.5. The van der Waals surface area contributed by atoms with E-state index >= 15 is 0 Å². The van der Waals surface area contributed by atoms with Gasteiger partial charge < -0.3 is 34.9 Å². The second-order valence-electron chi connectivity index (χ2n) is 9.88. The molecule has 39 heavy (non-hydrogen) atoms. The summed E-state index contributed by atoms with van der Waals surface area (Å²) in [6, 6.07) is 11.3. The Morgan fingerprint density at radius 3 is 2.79 bits per heavy atom. The summed E-state index contributed by atoms with van der Waals surface area (Å²) in [6.45, 7) is 3.14. The van der Waals surface area contributed by atoms with Crippen molar-refractivity contribution in [3.05, 3.63) is 63.7 Å². The van der Waals surface area contributed by atoms with E-state index in [0.29, 0.717) is 41.8 Å². The predicted octanol–water partition coefficient (Wildman–Crippen LogP) is 3.87. The zero-order valence-electron chi connectivity index (χ0n) is 22.6. The first-order chi connectivity index (χ1) is 19.0. The molecule has 2 heterocycles. The average molecular weight is 560 g/mol. The van der Waals surface area contributed by atoms with E-state index in [1.165, 1.54) is 7.11 Å². The molecule has 2 aromatic carbocycles. The molecule has 212 valence electrons. The quantitative estimate of drug-likeness (QED) is 0.339. The Labute approximate surface area is 234 Å². The molecule has 9 nitrogen and oxygen atoms in total. The summed E-state index contributed by atoms with van der Waals surface area (Å²) < 4.78 is 22.4. The summed E-state index contributed by atoms with van der Waals surface area (Å²) >= 11 is 6.32. The first-order valence-corrected chi connectivity index (χ1v) is 13.9. The Morgan fingerprint density at radius 2 is 2.05 bits per heavy atom. The largest absolute Gasteiger partial charge is 0.493 e. The minimum absolute atomic E-state index is 0.149. The molecule has 3 atom stereocenters. The highest BCUT2D eigenvalue weighted by molar-refractivity contribution is 6.30. The van der Waals surface area contributed by atoms with Gasteiger partial charge in [0.15, 0.2) is 0 Å². The summed E-state index contributed by atoms with van der Waals surface area (Å²) in [7, 11) is 3.23. The smallest absolute Gasteiger partial charge is 0.406 e. The lowest BCUT2D eigenvalue weighted by molar-refractivity contribution is 0.0478. The van der Waals surface area contributed by atoms with Crippen LogP contribution in [0.1, 0.15) is 52.4 Å². The number of hydrogen-bond acceptors (Lipinski definition) is 7. The number of alkyl carbamates (subject to hydrolysis) is 1. The molecule has 1 fully saturated rings. The van der Waals surface area contributed by atoms with Crippen LogP contribution in [0.2, 0.25) is 5.02 Å². The number of carbonyl (C=O) groups is 2. The molecule has 2 aromatic rings. The van der Waals surface area contributed by atoms with Gasteiger partial charge in [0.25, 0.3) is 5.91 Å². The van der Waals surface area contributed by atoms with Crippen molar-refractivity contribution >= 4 is 23.6 Å². The molecule has 0 aliphatic carbocycles. The first kappa shape index (κ1) is 29.1. The van der Waals surface area contributed by atoms with Gasteiger partial charge in [0, 0.05) is 54.9 Å². The van der Waals surface area contributed by atoms with Crippen molar-refractivity contribution in [2.45, 2.75) is 37.8 Å². The summed E-state index contributed by atoms with van der Waals surface area (Å²) in [4.78, 5) is 24.8. The van der Waals surface area contributed by atoms with Crippen LogP contribution in [0.25, 0.3) is 0 Å². The number of halogens is 1. The highest BCUT2D eigenvalue weighted by Gasteiger charge is 2.27. The van der Waals surface area contributed by atoms with Gasteiger partial charge in [-0.15, -0.1) is 0 Å². The average Bonchev–Trinajstić information content (AvgIpc) is 3.44.